The summed E-state index contributed by atoms with van der Waals surface area (Å²) in [6.07, 6.45) is 0. The molecule has 0 fully saturated rings. The molecule has 0 unspecified atom stereocenters. The van der Waals surface area contributed by atoms with Crippen LogP contribution in [0.3, 0.4) is 0 Å². The van der Waals surface area contributed by atoms with Crippen LogP contribution in [0, 0.1) is 6.92 Å². The largest absolute Gasteiger partial charge is 0.484 e. The molecule has 0 aliphatic carbocycles. The number of carbonyl (C=O) groups excluding carboxylic acids is 2. The fraction of sp³-hybridized carbons (Fsp3) is 0.300. The Kier molecular flexibility index (Phi) is 7.21. The van der Waals surface area contributed by atoms with E-state index in [0.29, 0.717) is 30.1 Å². The zero-order valence-corrected chi connectivity index (χ0v) is 16.8. The van der Waals surface area contributed by atoms with Crippen LogP contribution in [0.15, 0.2) is 46.9 Å². The lowest BCUT2D eigenvalue weighted by Crippen LogP contribution is -2.30. The number of nitrogens with one attached hydrogen (secondary N) is 1. The van der Waals surface area contributed by atoms with Gasteiger partial charge in [0.1, 0.15) is 5.75 Å². The van der Waals surface area contributed by atoms with Crippen LogP contribution in [-0.2, 0) is 4.79 Å². The summed E-state index contributed by atoms with van der Waals surface area (Å²) in [7, 11) is 0. The molecule has 5 nitrogen and oxygen atoms in total. The maximum atomic E-state index is 12.4. The molecule has 0 saturated carbocycles. The molecule has 6 heteroatoms. The Hall–Kier alpha value is -2.34. The topological polar surface area (TPSA) is 58.6 Å². The molecule has 0 spiro atoms. The molecule has 0 saturated heterocycles. The van der Waals surface area contributed by atoms with Crippen LogP contribution in [-0.4, -0.2) is 36.4 Å². The van der Waals surface area contributed by atoms with E-state index < -0.39 is 0 Å². The van der Waals surface area contributed by atoms with Gasteiger partial charge in [-0.1, -0.05) is 22.0 Å². The van der Waals surface area contributed by atoms with Crippen LogP contribution < -0.4 is 10.1 Å². The van der Waals surface area contributed by atoms with Crippen LogP contribution in [0.4, 0.5) is 5.69 Å². The highest BCUT2D eigenvalue weighted by Crippen LogP contribution is 2.21. The molecule has 0 atom stereocenters. The molecule has 0 aliphatic heterocycles. The Bertz CT molecular complexity index is 788. The molecule has 0 heterocycles. The molecule has 26 heavy (non-hydrogen) atoms. The summed E-state index contributed by atoms with van der Waals surface area (Å²) in [6.45, 7) is 7.02. The summed E-state index contributed by atoms with van der Waals surface area (Å²) in [4.78, 5) is 26.3. The van der Waals surface area contributed by atoms with Gasteiger partial charge in [-0.15, -0.1) is 0 Å². The van der Waals surface area contributed by atoms with Gasteiger partial charge in [-0.3, -0.25) is 9.59 Å². The smallest absolute Gasteiger partial charge is 0.262 e. The number of halogens is 1. The number of amides is 2. The molecular formula is C20H23BrN2O3. The Morgan fingerprint density at radius 3 is 2.50 bits per heavy atom. The van der Waals surface area contributed by atoms with Crippen molar-refractivity contribution >= 4 is 33.4 Å². The maximum Gasteiger partial charge on any atom is 0.262 e. The van der Waals surface area contributed by atoms with E-state index in [-0.39, 0.29) is 18.4 Å². The van der Waals surface area contributed by atoms with Gasteiger partial charge in [-0.05, 0) is 62.7 Å². The van der Waals surface area contributed by atoms with Gasteiger partial charge < -0.3 is 15.0 Å². The van der Waals surface area contributed by atoms with Gasteiger partial charge in [0.15, 0.2) is 6.61 Å². The summed E-state index contributed by atoms with van der Waals surface area (Å²) in [5, 5.41) is 2.76. The molecule has 1 N–H and O–H groups in total. The predicted octanol–water partition coefficient (Wildman–Crippen LogP) is 4.26. The highest BCUT2D eigenvalue weighted by molar-refractivity contribution is 9.10. The third-order valence-corrected chi connectivity index (χ3v) is 4.83. The van der Waals surface area contributed by atoms with E-state index in [1.807, 2.05) is 32.9 Å². The standard InChI is InChI=1S/C20H23BrN2O3/c1-4-23(5-2)20(25)15-7-6-8-16(12-15)22-19(24)13-26-17-9-10-18(21)14(3)11-17/h6-12H,4-5,13H2,1-3H3,(H,22,24). The van der Waals surface area contributed by atoms with Crippen molar-refractivity contribution in [2.45, 2.75) is 20.8 Å². The van der Waals surface area contributed by atoms with E-state index in [4.69, 9.17) is 4.74 Å². The zero-order valence-electron chi connectivity index (χ0n) is 15.2. The van der Waals surface area contributed by atoms with E-state index in [0.717, 1.165) is 10.0 Å². The minimum Gasteiger partial charge on any atom is -0.484 e. The molecule has 2 rings (SSSR count). The minimum absolute atomic E-state index is 0.0484. The van der Waals surface area contributed by atoms with E-state index in [1.165, 1.54) is 0 Å². The Balaban J connectivity index is 1.97. The second kappa shape index (κ2) is 9.38. The number of carbonyl (C=O) groups is 2. The number of rotatable bonds is 7. The molecule has 2 aromatic rings. The quantitative estimate of drug-likeness (QED) is 0.730. The lowest BCUT2D eigenvalue weighted by atomic mass is 10.1. The Labute approximate surface area is 162 Å². The number of anilines is 1. The molecule has 0 aromatic heterocycles. The van der Waals surface area contributed by atoms with Gasteiger partial charge >= 0.3 is 0 Å². The fourth-order valence-corrected chi connectivity index (χ4v) is 2.72. The normalized spacial score (nSPS) is 10.3. The average molecular weight is 419 g/mol. The molecule has 0 aliphatic rings. The molecule has 0 bridgehead atoms. The first-order chi connectivity index (χ1) is 12.4. The summed E-state index contributed by atoms with van der Waals surface area (Å²) in [5.74, 6) is 0.303. The Morgan fingerprint density at radius 1 is 1.12 bits per heavy atom. The molecule has 0 radical (unpaired) electrons. The van der Waals surface area contributed by atoms with Gasteiger partial charge in [0.05, 0.1) is 0 Å². The third kappa shape index (κ3) is 5.33. The van der Waals surface area contributed by atoms with Crippen molar-refractivity contribution in [1.82, 2.24) is 4.90 Å². The van der Waals surface area contributed by atoms with Gasteiger partial charge in [-0.25, -0.2) is 0 Å². The van der Waals surface area contributed by atoms with Crippen molar-refractivity contribution in [3.63, 3.8) is 0 Å². The SMILES string of the molecule is CCN(CC)C(=O)c1cccc(NC(=O)COc2ccc(Br)c(C)c2)c1. The molecular weight excluding hydrogens is 396 g/mol. The number of hydrogen-bond donors (Lipinski definition) is 1. The van der Waals surface area contributed by atoms with E-state index >= 15 is 0 Å². The highest BCUT2D eigenvalue weighted by atomic mass is 79.9. The van der Waals surface area contributed by atoms with Crippen molar-refractivity contribution < 1.29 is 14.3 Å². The van der Waals surface area contributed by atoms with Crippen LogP contribution in [0.1, 0.15) is 29.8 Å². The average Bonchev–Trinajstić information content (AvgIpc) is 2.64. The molecule has 2 amide bonds. The van der Waals surface area contributed by atoms with Crippen LogP contribution in [0.25, 0.3) is 0 Å². The number of benzene rings is 2. The summed E-state index contributed by atoms with van der Waals surface area (Å²) >= 11 is 3.43. The minimum atomic E-state index is -0.280. The first kappa shape index (κ1) is 20.0. The molecule has 138 valence electrons. The summed E-state index contributed by atoms with van der Waals surface area (Å²) in [6, 6.07) is 12.5. The van der Waals surface area contributed by atoms with Crippen molar-refractivity contribution in [2.24, 2.45) is 0 Å². The van der Waals surface area contributed by atoms with Crippen LogP contribution in [0.2, 0.25) is 0 Å². The van der Waals surface area contributed by atoms with Gasteiger partial charge in [0, 0.05) is 28.8 Å². The lowest BCUT2D eigenvalue weighted by Gasteiger charge is -2.19. The first-order valence-electron chi connectivity index (χ1n) is 8.52. The Morgan fingerprint density at radius 2 is 1.85 bits per heavy atom. The number of nitrogens with zero attached hydrogens (tertiary/aromatic N) is 1. The van der Waals surface area contributed by atoms with Gasteiger partial charge in [0.2, 0.25) is 0 Å². The van der Waals surface area contributed by atoms with E-state index in [1.54, 1.807) is 35.2 Å². The van der Waals surface area contributed by atoms with Crippen molar-refractivity contribution in [3.05, 3.63) is 58.1 Å². The second-order valence-corrected chi connectivity index (χ2v) is 6.66. The highest BCUT2D eigenvalue weighted by Gasteiger charge is 2.13. The van der Waals surface area contributed by atoms with Crippen molar-refractivity contribution in [1.29, 1.82) is 0 Å². The number of ether oxygens (including phenoxy) is 1. The van der Waals surface area contributed by atoms with E-state index in [2.05, 4.69) is 21.2 Å². The van der Waals surface area contributed by atoms with Gasteiger partial charge in [0.25, 0.3) is 11.8 Å². The van der Waals surface area contributed by atoms with Crippen molar-refractivity contribution in [3.8, 4) is 5.75 Å². The first-order valence-corrected chi connectivity index (χ1v) is 9.32. The zero-order chi connectivity index (χ0) is 19.1. The summed E-state index contributed by atoms with van der Waals surface area (Å²) in [5.41, 5.74) is 2.16. The lowest BCUT2D eigenvalue weighted by molar-refractivity contribution is -0.118. The summed E-state index contributed by atoms with van der Waals surface area (Å²) < 4.78 is 6.51. The molecule has 2 aromatic carbocycles. The predicted molar refractivity (Wildman–Crippen MR) is 107 cm³/mol. The fourth-order valence-electron chi connectivity index (χ4n) is 2.48. The van der Waals surface area contributed by atoms with Crippen molar-refractivity contribution in [2.75, 3.05) is 25.0 Å². The number of aryl methyl sites for hydroxylation is 1. The van der Waals surface area contributed by atoms with Crippen LogP contribution >= 0.6 is 15.9 Å². The second-order valence-electron chi connectivity index (χ2n) is 5.81. The van der Waals surface area contributed by atoms with Gasteiger partial charge in [-0.2, -0.15) is 0 Å². The maximum absolute atomic E-state index is 12.4. The van der Waals surface area contributed by atoms with E-state index in [9.17, 15) is 9.59 Å². The van der Waals surface area contributed by atoms with Crippen LogP contribution in [0.5, 0.6) is 5.75 Å². The third-order valence-electron chi connectivity index (χ3n) is 3.94. The number of hydrogen-bond acceptors (Lipinski definition) is 3. The monoisotopic (exact) mass is 418 g/mol.